The van der Waals surface area contributed by atoms with Crippen LogP contribution >= 0.6 is 0 Å². The van der Waals surface area contributed by atoms with Gasteiger partial charge >= 0.3 is 11.9 Å². The Morgan fingerprint density at radius 3 is 2.25 bits per heavy atom. The molecule has 0 aliphatic carbocycles. The molecule has 0 radical (unpaired) electrons. The monoisotopic (exact) mass is 282 g/mol. The van der Waals surface area contributed by atoms with E-state index in [0.717, 1.165) is 0 Å². The first-order chi connectivity index (χ1) is 9.49. The Morgan fingerprint density at radius 2 is 1.80 bits per heavy atom. The van der Waals surface area contributed by atoms with Gasteiger partial charge in [0.1, 0.15) is 5.76 Å². The van der Waals surface area contributed by atoms with Crippen LogP contribution in [-0.2, 0) is 23.8 Å². The van der Waals surface area contributed by atoms with Gasteiger partial charge in [0.05, 0.1) is 26.4 Å². The molecule has 0 saturated carbocycles. The van der Waals surface area contributed by atoms with Crippen LogP contribution in [0.4, 0.5) is 0 Å². The van der Waals surface area contributed by atoms with Crippen LogP contribution in [0.3, 0.4) is 0 Å². The fraction of sp³-hybridized carbons (Fsp3) is 0.467. The number of carbonyl (C=O) groups is 2. The number of allylic oxidation sites excluding steroid dienone is 2. The molecule has 0 aromatic carbocycles. The average molecular weight is 282 g/mol. The molecular formula is C15H22O5. The van der Waals surface area contributed by atoms with Gasteiger partial charge in [-0.2, -0.15) is 0 Å². The van der Waals surface area contributed by atoms with Crippen LogP contribution in [0.15, 0.2) is 35.6 Å². The smallest absolute Gasteiger partial charge is 0.337 e. The van der Waals surface area contributed by atoms with E-state index in [2.05, 4.69) is 6.58 Å². The van der Waals surface area contributed by atoms with Crippen molar-refractivity contribution in [2.24, 2.45) is 0 Å². The third kappa shape index (κ3) is 6.22. The number of hydrogen-bond acceptors (Lipinski definition) is 5. The van der Waals surface area contributed by atoms with Crippen molar-refractivity contribution >= 4 is 11.9 Å². The van der Waals surface area contributed by atoms with E-state index in [0.29, 0.717) is 29.9 Å². The van der Waals surface area contributed by atoms with Gasteiger partial charge in [0.2, 0.25) is 0 Å². The van der Waals surface area contributed by atoms with Crippen LogP contribution < -0.4 is 0 Å². The maximum Gasteiger partial charge on any atom is 0.337 e. The predicted octanol–water partition coefficient (Wildman–Crippen LogP) is 2.54. The summed E-state index contributed by atoms with van der Waals surface area (Å²) in [6, 6.07) is 0. The molecule has 0 aromatic heterocycles. The fourth-order valence-corrected chi connectivity index (χ4v) is 1.55. The molecule has 0 spiro atoms. The molecule has 5 heteroatoms. The SMILES string of the molecule is C=C(/C=C(CCC(=O)OCC)\C(=C/C)C(=O)OC)OC. The zero-order valence-corrected chi connectivity index (χ0v) is 12.5. The summed E-state index contributed by atoms with van der Waals surface area (Å²) < 4.78 is 14.6. The largest absolute Gasteiger partial charge is 0.497 e. The number of rotatable bonds is 8. The van der Waals surface area contributed by atoms with Crippen LogP contribution in [0.1, 0.15) is 26.7 Å². The van der Waals surface area contributed by atoms with Crippen molar-refractivity contribution in [1.29, 1.82) is 0 Å². The molecule has 0 fully saturated rings. The van der Waals surface area contributed by atoms with Crippen molar-refractivity contribution in [1.82, 2.24) is 0 Å². The fourth-order valence-electron chi connectivity index (χ4n) is 1.55. The standard InChI is InChI=1S/C15H22O5/c1-6-13(15(17)19-5)12(10-11(3)18-4)8-9-14(16)20-7-2/h6,10H,3,7-9H2,1-2,4-5H3/b12-10-,13-6+. The Labute approximate surface area is 119 Å². The molecule has 20 heavy (non-hydrogen) atoms. The summed E-state index contributed by atoms with van der Waals surface area (Å²) in [6.45, 7) is 7.48. The topological polar surface area (TPSA) is 61.8 Å². The van der Waals surface area contributed by atoms with Crippen LogP contribution in [0.25, 0.3) is 0 Å². The molecule has 5 nitrogen and oxygen atoms in total. The summed E-state index contributed by atoms with van der Waals surface area (Å²) in [5, 5.41) is 0. The molecule has 0 N–H and O–H groups in total. The van der Waals surface area contributed by atoms with E-state index in [-0.39, 0.29) is 12.4 Å². The molecule has 112 valence electrons. The lowest BCUT2D eigenvalue weighted by Crippen LogP contribution is -2.10. The van der Waals surface area contributed by atoms with E-state index >= 15 is 0 Å². The minimum Gasteiger partial charge on any atom is -0.497 e. The van der Waals surface area contributed by atoms with Gasteiger partial charge in [0, 0.05) is 6.42 Å². The Balaban J connectivity index is 5.09. The first-order valence-electron chi connectivity index (χ1n) is 6.34. The average Bonchev–Trinajstić information content (AvgIpc) is 2.44. The first kappa shape index (κ1) is 18.0. The van der Waals surface area contributed by atoms with E-state index < -0.39 is 5.97 Å². The Kier molecular flexibility index (Phi) is 8.83. The van der Waals surface area contributed by atoms with Gasteiger partial charge in [-0.3, -0.25) is 4.79 Å². The lowest BCUT2D eigenvalue weighted by atomic mass is 10.00. The molecule has 0 aliphatic heterocycles. The van der Waals surface area contributed by atoms with Gasteiger partial charge < -0.3 is 14.2 Å². The summed E-state index contributed by atoms with van der Waals surface area (Å²) in [5.74, 6) is -0.389. The van der Waals surface area contributed by atoms with Crippen LogP contribution in [0, 0.1) is 0 Å². The summed E-state index contributed by atoms with van der Waals surface area (Å²) >= 11 is 0. The highest BCUT2D eigenvalue weighted by Gasteiger charge is 2.16. The molecule has 0 amide bonds. The minimum absolute atomic E-state index is 0.172. The zero-order chi connectivity index (χ0) is 15.5. The Hall–Kier alpha value is -2.04. The molecule has 0 bridgehead atoms. The second kappa shape index (κ2) is 9.83. The van der Waals surface area contributed by atoms with E-state index in [1.165, 1.54) is 14.2 Å². The van der Waals surface area contributed by atoms with Crippen molar-refractivity contribution in [3.05, 3.63) is 35.6 Å². The molecule has 0 rings (SSSR count). The van der Waals surface area contributed by atoms with E-state index in [1.54, 1.807) is 26.0 Å². The normalized spacial score (nSPS) is 11.8. The van der Waals surface area contributed by atoms with E-state index in [4.69, 9.17) is 14.2 Å². The lowest BCUT2D eigenvalue weighted by Gasteiger charge is -2.11. The van der Waals surface area contributed by atoms with Gasteiger partial charge in [0.25, 0.3) is 0 Å². The van der Waals surface area contributed by atoms with Crippen molar-refractivity contribution in [3.63, 3.8) is 0 Å². The summed E-state index contributed by atoms with van der Waals surface area (Å²) in [7, 11) is 2.79. The molecule has 0 heterocycles. The molecule has 0 aromatic rings. The Bertz CT molecular complexity index is 418. The van der Waals surface area contributed by atoms with Gasteiger partial charge in [-0.05, 0) is 31.9 Å². The number of hydrogen-bond donors (Lipinski definition) is 0. The lowest BCUT2D eigenvalue weighted by molar-refractivity contribution is -0.143. The molecular weight excluding hydrogens is 260 g/mol. The van der Waals surface area contributed by atoms with Crippen molar-refractivity contribution in [2.75, 3.05) is 20.8 Å². The van der Waals surface area contributed by atoms with E-state index in [9.17, 15) is 9.59 Å². The number of carbonyl (C=O) groups excluding carboxylic acids is 2. The third-order valence-corrected chi connectivity index (χ3v) is 2.54. The second-order valence-electron chi connectivity index (χ2n) is 3.84. The minimum atomic E-state index is -0.466. The first-order valence-corrected chi connectivity index (χ1v) is 6.34. The van der Waals surface area contributed by atoms with Crippen LogP contribution in [0.5, 0.6) is 0 Å². The predicted molar refractivity (Wildman–Crippen MR) is 75.9 cm³/mol. The van der Waals surface area contributed by atoms with Crippen molar-refractivity contribution in [3.8, 4) is 0 Å². The van der Waals surface area contributed by atoms with Gasteiger partial charge in [-0.15, -0.1) is 0 Å². The van der Waals surface area contributed by atoms with Crippen LogP contribution in [0.2, 0.25) is 0 Å². The zero-order valence-electron chi connectivity index (χ0n) is 12.5. The van der Waals surface area contributed by atoms with Gasteiger partial charge in [-0.25, -0.2) is 4.79 Å². The third-order valence-electron chi connectivity index (χ3n) is 2.54. The number of esters is 2. The van der Waals surface area contributed by atoms with E-state index in [1.807, 2.05) is 0 Å². The molecule has 0 atom stereocenters. The highest BCUT2D eigenvalue weighted by molar-refractivity contribution is 5.93. The number of methoxy groups -OCH3 is 2. The molecule has 0 saturated heterocycles. The van der Waals surface area contributed by atoms with Crippen LogP contribution in [-0.4, -0.2) is 32.8 Å². The highest BCUT2D eigenvalue weighted by atomic mass is 16.5. The molecule has 0 unspecified atom stereocenters. The summed E-state index contributed by atoms with van der Waals surface area (Å²) in [5.41, 5.74) is 1.01. The number of ether oxygens (including phenoxy) is 3. The summed E-state index contributed by atoms with van der Waals surface area (Å²) in [4.78, 5) is 23.1. The van der Waals surface area contributed by atoms with Crippen molar-refractivity contribution < 1.29 is 23.8 Å². The van der Waals surface area contributed by atoms with Gasteiger partial charge in [0.15, 0.2) is 0 Å². The Morgan fingerprint density at radius 1 is 1.15 bits per heavy atom. The quantitative estimate of drug-likeness (QED) is 0.296. The second-order valence-corrected chi connectivity index (χ2v) is 3.84. The van der Waals surface area contributed by atoms with Gasteiger partial charge in [-0.1, -0.05) is 12.7 Å². The van der Waals surface area contributed by atoms with Crippen molar-refractivity contribution in [2.45, 2.75) is 26.7 Å². The summed E-state index contributed by atoms with van der Waals surface area (Å²) in [6.07, 6.45) is 3.76. The maximum absolute atomic E-state index is 11.7. The maximum atomic E-state index is 11.7. The highest BCUT2D eigenvalue weighted by Crippen LogP contribution is 2.20. The molecule has 0 aliphatic rings.